The second-order valence-electron chi connectivity index (χ2n) is 4.93. The maximum Gasteiger partial charge on any atom is 0.437 e. The van der Waals surface area contributed by atoms with Gasteiger partial charge in [-0.05, 0) is 26.0 Å². The van der Waals surface area contributed by atoms with Crippen molar-refractivity contribution in [3.8, 4) is 0 Å². The minimum absolute atomic E-state index is 0.0842. The molecule has 1 aliphatic heterocycles. The summed E-state index contributed by atoms with van der Waals surface area (Å²) in [5, 5.41) is 0. The number of esters is 2. The highest BCUT2D eigenvalue weighted by Crippen LogP contribution is 2.56. The van der Waals surface area contributed by atoms with Crippen LogP contribution in [0.4, 0.5) is 13.2 Å². The molecule has 9 heteroatoms. The van der Waals surface area contributed by atoms with Crippen molar-refractivity contribution in [2.45, 2.75) is 25.6 Å². The zero-order chi connectivity index (χ0) is 18.8. The third-order valence-electron chi connectivity index (χ3n) is 3.42. The van der Waals surface area contributed by atoms with Crippen LogP contribution in [0.25, 0.3) is 0 Å². The van der Waals surface area contributed by atoms with Crippen LogP contribution in [0.2, 0.25) is 0 Å². The number of halogens is 4. The van der Waals surface area contributed by atoms with E-state index in [1.807, 2.05) is 0 Å². The summed E-state index contributed by atoms with van der Waals surface area (Å²) in [6.45, 7) is 2.68. The smallest absolute Gasteiger partial charge is 0.437 e. The lowest BCUT2D eigenvalue weighted by molar-refractivity contribution is -0.278. The van der Waals surface area contributed by atoms with Gasteiger partial charge in [0.1, 0.15) is 5.57 Å². The minimum atomic E-state index is -5.00. The van der Waals surface area contributed by atoms with Crippen LogP contribution in [0.5, 0.6) is 0 Å². The molecule has 0 amide bonds. The number of carbonyl (C=O) groups excluding carboxylic acids is 2. The fourth-order valence-electron chi connectivity index (χ4n) is 2.40. The number of alkyl halides is 3. The minimum Gasteiger partial charge on any atom is -0.462 e. The highest BCUT2D eigenvalue weighted by atomic mass is 79.9. The van der Waals surface area contributed by atoms with E-state index >= 15 is 0 Å². The Morgan fingerprint density at radius 3 is 2.08 bits per heavy atom. The average Bonchev–Trinajstić information content (AvgIpc) is 2.47. The Morgan fingerprint density at radius 2 is 1.60 bits per heavy atom. The summed E-state index contributed by atoms with van der Waals surface area (Å²) in [4.78, 5) is 24.0. The molecule has 0 N–H and O–H groups in total. The molecule has 2 rings (SSSR count). The normalized spacial score (nSPS) is 19.8. The molecule has 136 valence electrons. The Labute approximate surface area is 149 Å². The van der Waals surface area contributed by atoms with Gasteiger partial charge >= 0.3 is 18.1 Å². The van der Waals surface area contributed by atoms with Gasteiger partial charge in [-0.15, -0.1) is 0 Å². The van der Waals surface area contributed by atoms with Gasteiger partial charge in [0.05, 0.1) is 13.2 Å². The van der Waals surface area contributed by atoms with Crippen LogP contribution in [0.15, 0.2) is 40.1 Å². The van der Waals surface area contributed by atoms with E-state index in [0.29, 0.717) is 4.47 Å². The Hall–Kier alpha value is -2.03. The van der Waals surface area contributed by atoms with Crippen LogP contribution < -0.4 is 0 Å². The molecule has 1 aromatic carbocycles. The predicted octanol–water partition coefficient (Wildman–Crippen LogP) is 3.62. The molecule has 0 saturated heterocycles. The largest absolute Gasteiger partial charge is 0.462 e. The lowest BCUT2D eigenvalue weighted by Gasteiger charge is -2.44. The Morgan fingerprint density at radius 1 is 1.08 bits per heavy atom. The maximum absolute atomic E-state index is 13.9. The molecule has 1 aromatic rings. The zero-order valence-corrected chi connectivity index (χ0v) is 14.9. The number of benzene rings is 1. The van der Waals surface area contributed by atoms with Crippen LogP contribution in [0.3, 0.4) is 0 Å². The number of carbonyl (C=O) groups is 2. The lowest BCUT2D eigenvalue weighted by atomic mass is 9.80. The van der Waals surface area contributed by atoms with E-state index in [1.54, 1.807) is 0 Å². The van der Waals surface area contributed by atoms with Gasteiger partial charge in [-0.3, -0.25) is 0 Å². The summed E-state index contributed by atoms with van der Waals surface area (Å²) in [6.07, 6.45) is -5.00. The van der Waals surface area contributed by atoms with Gasteiger partial charge in [0.15, 0.2) is 0 Å². The lowest BCUT2D eigenvalue weighted by Crippen LogP contribution is -2.56. The van der Waals surface area contributed by atoms with E-state index < -0.39 is 35.0 Å². The number of hydrogen-bond donors (Lipinski definition) is 0. The first-order valence-corrected chi connectivity index (χ1v) is 8.09. The van der Waals surface area contributed by atoms with Gasteiger partial charge in [0.2, 0.25) is 5.76 Å². The molecule has 25 heavy (non-hydrogen) atoms. The molecular weight excluding hydrogens is 409 g/mol. The van der Waals surface area contributed by atoms with Crippen molar-refractivity contribution in [3.05, 3.63) is 45.6 Å². The van der Waals surface area contributed by atoms with Crippen molar-refractivity contribution in [1.29, 1.82) is 0 Å². The third-order valence-corrected chi connectivity index (χ3v) is 3.95. The van der Waals surface area contributed by atoms with E-state index in [2.05, 4.69) is 20.7 Å². The Balaban J connectivity index is 2.65. The van der Waals surface area contributed by atoms with Crippen molar-refractivity contribution >= 4 is 27.9 Å². The van der Waals surface area contributed by atoms with Crippen LogP contribution >= 0.6 is 15.9 Å². The molecule has 0 aliphatic carbocycles. The van der Waals surface area contributed by atoms with Gasteiger partial charge in [0.25, 0.3) is 5.60 Å². The molecule has 1 aliphatic rings. The predicted molar refractivity (Wildman–Crippen MR) is 83.3 cm³/mol. The van der Waals surface area contributed by atoms with Crippen molar-refractivity contribution in [2.75, 3.05) is 13.2 Å². The van der Waals surface area contributed by atoms with Gasteiger partial charge in [-0.2, -0.15) is 13.2 Å². The first kappa shape index (κ1) is 19.3. The first-order chi connectivity index (χ1) is 11.7. The van der Waals surface area contributed by atoms with E-state index in [-0.39, 0.29) is 18.8 Å². The second kappa shape index (κ2) is 7.07. The molecule has 1 atom stereocenters. The molecule has 0 aromatic heterocycles. The highest BCUT2D eigenvalue weighted by Gasteiger charge is 2.71. The molecule has 0 saturated carbocycles. The van der Waals surface area contributed by atoms with Crippen molar-refractivity contribution < 1.29 is 37.0 Å². The second-order valence-corrected chi connectivity index (χ2v) is 5.85. The van der Waals surface area contributed by atoms with Gasteiger partial charge in [0, 0.05) is 10.0 Å². The summed E-state index contributed by atoms with van der Waals surface area (Å²) in [5.41, 5.74) is -4.34. The molecule has 5 nitrogen and oxygen atoms in total. The van der Waals surface area contributed by atoms with Crippen LogP contribution in [-0.4, -0.2) is 31.3 Å². The SMILES string of the molecule is CCOC(=O)C1=C(C(=O)OCC)[C@](c2ccc(Br)cc2)(C(F)(F)F)O1. The quantitative estimate of drug-likeness (QED) is 0.678. The zero-order valence-electron chi connectivity index (χ0n) is 13.3. The summed E-state index contributed by atoms with van der Waals surface area (Å²) in [6, 6.07) is 5.05. The van der Waals surface area contributed by atoms with E-state index in [4.69, 9.17) is 9.47 Å². The maximum atomic E-state index is 13.9. The van der Waals surface area contributed by atoms with Gasteiger partial charge in [-0.25, -0.2) is 9.59 Å². The van der Waals surface area contributed by atoms with E-state index in [0.717, 1.165) is 12.1 Å². The average molecular weight is 423 g/mol. The van der Waals surface area contributed by atoms with Crippen LogP contribution in [-0.2, 0) is 29.4 Å². The summed E-state index contributed by atoms with van der Waals surface area (Å²) in [5.74, 6) is -3.22. The number of rotatable bonds is 5. The Kier molecular flexibility index (Phi) is 5.46. The standard InChI is InChI=1S/C16H14BrF3O5/c1-3-23-13(21)11-12(14(22)24-4-2)25-15(11,16(18,19)20)9-5-7-10(17)8-6-9/h5-8H,3-4H2,1-2H3/t15-/m1/s1. The summed E-state index contributed by atoms with van der Waals surface area (Å²) in [7, 11) is 0. The Bertz CT molecular complexity index is 711. The molecule has 0 radical (unpaired) electrons. The molecule has 0 spiro atoms. The first-order valence-electron chi connectivity index (χ1n) is 7.29. The van der Waals surface area contributed by atoms with E-state index in [9.17, 15) is 22.8 Å². The van der Waals surface area contributed by atoms with E-state index in [1.165, 1.54) is 26.0 Å². The molecule has 0 bridgehead atoms. The topological polar surface area (TPSA) is 61.8 Å². The fraction of sp³-hybridized carbons (Fsp3) is 0.375. The molecular formula is C16H14BrF3O5. The van der Waals surface area contributed by atoms with Gasteiger partial charge < -0.3 is 14.2 Å². The number of hydrogen-bond acceptors (Lipinski definition) is 5. The van der Waals surface area contributed by atoms with Crippen LogP contribution in [0, 0.1) is 0 Å². The van der Waals surface area contributed by atoms with Crippen molar-refractivity contribution in [2.24, 2.45) is 0 Å². The van der Waals surface area contributed by atoms with Crippen molar-refractivity contribution in [1.82, 2.24) is 0 Å². The molecule has 1 heterocycles. The number of ether oxygens (including phenoxy) is 3. The summed E-state index contributed by atoms with van der Waals surface area (Å²) < 4.78 is 56.4. The van der Waals surface area contributed by atoms with Crippen molar-refractivity contribution in [3.63, 3.8) is 0 Å². The highest BCUT2D eigenvalue weighted by molar-refractivity contribution is 9.10. The summed E-state index contributed by atoms with van der Waals surface area (Å²) >= 11 is 3.13. The fourth-order valence-corrected chi connectivity index (χ4v) is 2.66. The monoisotopic (exact) mass is 422 g/mol. The van der Waals surface area contributed by atoms with Crippen LogP contribution in [0.1, 0.15) is 19.4 Å². The third kappa shape index (κ3) is 3.24. The molecule has 0 unspecified atom stereocenters. The van der Waals surface area contributed by atoms with Gasteiger partial charge in [-0.1, -0.05) is 28.1 Å². The molecule has 0 fully saturated rings.